The Morgan fingerprint density at radius 3 is 3.00 bits per heavy atom. The summed E-state index contributed by atoms with van der Waals surface area (Å²) < 4.78 is 5.30. The molecule has 1 fully saturated rings. The first-order valence-corrected chi connectivity index (χ1v) is 5.41. The van der Waals surface area contributed by atoms with E-state index in [1.807, 2.05) is 0 Å². The van der Waals surface area contributed by atoms with Crippen LogP contribution >= 0.6 is 0 Å². The molecule has 1 aromatic rings. The molecule has 2 heterocycles. The third-order valence-corrected chi connectivity index (χ3v) is 3.01. The Labute approximate surface area is 93.8 Å². The summed E-state index contributed by atoms with van der Waals surface area (Å²) in [6.07, 6.45) is 3.28. The third kappa shape index (κ3) is 2.57. The second-order valence-corrected chi connectivity index (χ2v) is 4.44. The molecule has 2 rings (SSSR count). The van der Waals surface area contributed by atoms with Crippen molar-refractivity contribution in [3.8, 4) is 0 Å². The summed E-state index contributed by atoms with van der Waals surface area (Å²) in [6.45, 7) is 4.36. The minimum atomic E-state index is -0.204. The average molecular weight is 224 g/mol. The Bertz CT molecular complexity index is 344. The fraction of sp³-hybridized carbons (Fsp3) is 0.700. The predicted molar refractivity (Wildman–Crippen MR) is 56.9 cm³/mol. The van der Waals surface area contributed by atoms with E-state index in [9.17, 15) is 4.79 Å². The standard InChI is InChI=1S/C10H16N4O2/c1-10(2-4-16-5-3-10)6-11-9(15)8-12-7-13-14-8/h7H,2-6H2,1H3,(H,11,15)(H,12,13,14). The first-order chi connectivity index (χ1) is 7.70. The molecule has 0 atom stereocenters. The third-order valence-electron chi connectivity index (χ3n) is 3.01. The predicted octanol–water partition coefficient (Wildman–Crippen LogP) is 0.351. The number of hydrogen-bond donors (Lipinski definition) is 2. The van der Waals surface area contributed by atoms with Crippen LogP contribution in [0.1, 0.15) is 30.4 Å². The summed E-state index contributed by atoms with van der Waals surface area (Å²) in [5, 5.41) is 9.04. The van der Waals surface area contributed by atoms with Crippen LogP contribution in [0.25, 0.3) is 0 Å². The Hall–Kier alpha value is -1.43. The van der Waals surface area contributed by atoms with Gasteiger partial charge in [-0.25, -0.2) is 4.98 Å². The van der Waals surface area contributed by atoms with E-state index in [-0.39, 0.29) is 17.1 Å². The van der Waals surface area contributed by atoms with Crippen molar-refractivity contribution in [1.82, 2.24) is 20.5 Å². The molecule has 0 aliphatic carbocycles. The second kappa shape index (κ2) is 4.61. The quantitative estimate of drug-likeness (QED) is 0.776. The molecule has 6 heteroatoms. The Balaban J connectivity index is 1.84. The van der Waals surface area contributed by atoms with E-state index in [0.29, 0.717) is 6.54 Å². The molecule has 6 nitrogen and oxygen atoms in total. The minimum absolute atomic E-state index is 0.133. The number of carbonyl (C=O) groups excluding carboxylic acids is 1. The monoisotopic (exact) mass is 224 g/mol. The van der Waals surface area contributed by atoms with Crippen molar-refractivity contribution in [3.05, 3.63) is 12.2 Å². The van der Waals surface area contributed by atoms with Crippen LogP contribution in [-0.2, 0) is 4.74 Å². The maximum absolute atomic E-state index is 11.6. The van der Waals surface area contributed by atoms with E-state index in [0.717, 1.165) is 26.1 Å². The van der Waals surface area contributed by atoms with Crippen LogP contribution in [0.2, 0.25) is 0 Å². The fourth-order valence-electron chi connectivity index (χ4n) is 1.73. The number of ether oxygens (including phenoxy) is 1. The zero-order valence-corrected chi connectivity index (χ0v) is 9.32. The smallest absolute Gasteiger partial charge is 0.288 e. The van der Waals surface area contributed by atoms with Gasteiger partial charge in [0, 0.05) is 19.8 Å². The van der Waals surface area contributed by atoms with Gasteiger partial charge in [-0.15, -0.1) is 0 Å². The van der Waals surface area contributed by atoms with Crippen molar-refractivity contribution in [1.29, 1.82) is 0 Å². The van der Waals surface area contributed by atoms with Gasteiger partial charge in [0.25, 0.3) is 5.91 Å². The van der Waals surface area contributed by atoms with E-state index in [2.05, 4.69) is 27.4 Å². The molecule has 1 aliphatic heterocycles. The maximum Gasteiger partial charge on any atom is 0.288 e. The first-order valence-electron chi connectivity index (χ1n) is 5.41. The van der Waals surface area contributed by atoms with E-state index in [1.165, 1.54) is 6.33 Å². The van der Waals surface area contributed by atoms with Gasteiger partial charge in [0.1, 0.15) is 6.33 Å². The van der Waals surface area contributed by atoms with Gasteiger partial charge in [-0.3, -0.25) is 9.89 Å². The zero-order chi connectivity index (χ0) is 11.4. The molecular formula is C10H16N4O2. The van der Waals surface area contributed by atoms with Crippen LogP contribution in [0.15, 0.2) is 6.33 Å². The van der Waals surface area contributed by atoms with Crippen LogP contribution in [0.5, 0.6) is 0 Å². The number of nitrogens with one attached hydrogen (secondary N) is 2. The molecular weight excluding hydrogens is 208 g/mol. The Kier molecular flexibility index (Phi) is 3.19. The number of aromatic amines is 1. The summed E-state index contributed by atoms with van der Waals surface area (Å²) >= 11 is 0. The number of carbonyl (C=O) groups is 1. The molecule has 1 saturated heterocycles. The van der Waals surface area contributed by atoms with Gasteiger partial charge in [-0.1, -0.05) is 6.92 Å². The topological polar surface area (TPSA) is 79.9 Å². The average Bonchev–Trinajstić information content (AvgIpc) is 2.80. The highest BCUT2D eigenvalue weighted by Crippen LogP contribution is 2.28. The summed E-state index contributed by atoms with van der Waals surface area (Å²) in [5.41, 5.74) is 0.133. The molecule has 0 unspecified atom stereocenters. The molecule has 88 valence electrons. The normalized spacial score (nSPS) is 19.3. The molecule has 16 heavy (non-hydrogen) atoms. The summed E-state index contributed by atoms with van der Waals surface area (Å²) in [5.74, 6) is 0.0564. The van der Waals surface area contributed by atoms with Crippen LogP contribution < -0.4 is 5.32 Å². The van der Waals surface area contributed by atoms with Crippen LogP contribution in [-0.4, -0.2) is 40.8 Å². The van der Waals surface area contributed by atoms with Crippen molar-refractivity contribution < 1.29 is 9.53 Å². The molecule has 0 spiro atoms. The number of hydrogen-bond acceptors (Lipinski definition) is 4. The van der Waals surface area contributed by atoms with E-state index in [1.54, 1.807) is 0 Å². The molecule has 1 aromatic heterocycles. The maximum atomic E-state index is 11.6. The van der Waals surface area contributed by atoms with Gasteiger partial charge < -0.3 is 10.1 Å². The highest BCUT2D eigenvalue weighted by molar-refractivity contribution is 5.90. The molecule has 0 saturated carbocycles. The molecule has 1 aliphatic rings. The number of amides is 1. The summed E-state index contributed by atoms with van der Waals surface area (Å²) in [6, 6.07) is 0. The minimum Gasteiger partial charge on any atom is -0.381 e. The van der Waals surface area contributed by atoms with E-state index >= 15 is 0 Å². The van der Waals surface area contributed by atoms with Gasteiger partial charge in [-0.05, 0) is 18.3 Å². The van der Waals surface area contributed by atoms with Crippen LogP contribution in [0.4, 0.5) is 0 Å². The highest BCUT2D eigenvalue weighted by Gasteiger charge is 2.28. The molecule has 2 N–H and O–H groups in total. The number of H-pyrrole nitrogens is 1. The van der Waals surface area contributed by atoms with E-state index < -0.39 is 0 Å². The van der Waals surface area contributed by atoms with Crippen molar-refractivity contribution in [3.63, 3.8) is 0 Å². The first kappa shape index (κ1) is 11.1. The number of aromatic nitrogens is 3. The molecule has 0 bridgehead atoms. The lowest BCUT2D eigenvalue weighted by atomic mass is 9.82. The zero-order valence-electron chi connectivity index (χ0n) is 9.32. The molecule has 1 amide bonds. The summed E-state index contributed by atoms with van der Waals surface area (Å²) in [4.78, 5) is 15.4. The largest absolute Gasteiger partial charge is 0.381 e. The van der Waals surface area contributed by atoms with Crippen molar-refractivity contribution in [2.75, 3.05) is 19.8 Å². The lowest BCUT2D eigenvalue weighted by molar-refractivity contribution is 0.0238. The lowest BCUT2D eigenvalue weighted by Crippen LogP contribution is -2.39. The van der Waals surface area contributed by atoms with Crippen molar-refractivity contribution in [2.45, 2.75) is 19.8 Å². The van der Waals surface area contributed by atoms with Gasteiger partial charge in [0.15, 0.2) is 0 Å². The Morgan fingerprint density at radius 2 is 2.38 bits per heavy atom. The fourth-order valence-corrected chi connectivity index (χ4v) is 1.73. The molecule has 0 aromatic carbocycles. The second-order valence-electron chi connectivity index (χ2n) is 4.44. The van der Waals surface area contributed by atoms with Crippen molar-refractivity contribution >= 4 is 5.91 Å². The van der Waals surface area contributed by atoms with Crippen LogP contribution in [0.3, 0.4) is 0 Å². The van der Waals surface area contributed by atoms with Gasteiger partial charge >= 0.3 is 0 Å². The Morgan fingerprint density at radius 1 is 1.62 bits per heavy atom. The van der Waals surface area contributed by atoms with Crippen molar-refractivity contribution in [2.24, 2.45) is 5.41 Å². The van der Waals surface area contributed by atoms with Gasteiger partial charge in [-0.2, -0.15) is 5.10 Å². The number of nitrogens with zero attached hydrogens (tertiary/aromatic N) is 2. The van der Waals surface area contributed by atoms with Gasteiger partial charge in [0.05, 0.1) is 0 Å². The lowest BCUT2D eigenvalue weighted by Gasteiger charge is -2.33. The SMILES string of the molecule is CC1(CNC(=O)c2ncn[nH]2)CCOCC1. The molecule has 0 radical (unpaired) electrons. The van der Waals surface area contributed by atoms with Crippen LogP contribution in [0, 0.1) is 5.41 Å². The highest BCUT2D eigenvalue weighted by atomic mass is 16.5. The van der Waals surface area contributed by atoms with Gasteiger partial charge in [0.2, 0.25) is 5.82 Å². The number of rotatable bonds is 3. The van der Waals surface area contributed by atoms with E-state index in [4.69, 9.17) is 4.74 Å². The summed E-state index contributed by atoms with van der Waals surface area (Å²) in [7, 11) is 0.